The van der Waals surface area contributed by atoms with Crippen LogP contribution in [-0.4, -0.2) is 35.0 Å². The van der Waals surface area contributed by atoms with Crippen molar-refractivity contribution < 1.29 is 9.47 Å². The molecular weight excluding hydrogens is 539 g/mol. The van der Waals surface area contributed by atoms with Gasteiger partial charge in [0.05, 0.1) is 29.4 Å². The first-order valence-electron chi connectivity index (χ1n) is 12.3. The number of anilines is 1. The van der Waals surface area contributed by atoms with Gasteiger partial charge in [0.15, 0.2) is 5.11 Å². The van der Waals surface area contributed by atoms with Crippen molar-refractivity contribution in [2.45, 2.75) is 25.9 Å². The summed E-state index contributed by atoms with van der Waals surface area (Å²) in [5.74, 6) is 0.601. The molecule has 0 radical (unpaired) electrons. The summed E-state index contributed by atoms with van der Waals surface area (Å²) in [5, 5.41) is 5.34. The van der Waals surface area contributed by atoms with E-state index in [9.17, 15) is 0 Å². The number of pyridine rings is 1. The van der Waals surface area contributed by atoms with E-state index in [2.05, 4.69) is 39.7 Å². The fourth-order valence-electron chi connectivity index (χ4n) is 5.02. The SMILES string of the molecule is COCCOc1ccc(N2C(=S)NC(c3ccccn3)C2c2cc(C)n(-c3ccc(Cl)cc3)c2C)cc1Cl. The van der Waals surface area contributed by atoms with Gasteiger partial charge in [0.1, 0.15) is 12.4 Å². The van der Waals surface area contributed by atoms with Crippen LogP contribution in [0.15, 0.2) is 72.9 Å². The van der Waals surface area contributed by atoms with Crippen LogP contribution in [0.1, 0.15) is 34.7 Å². The number of methoxy groups -OCH3 is 1. The number of benzene rings is 2. The minimum atomic E-state index is -0.167. The normalized spacial score (nSPS) is 17.1. The predicted molar refractivity (Wildman–Crippen MR) is 157 cm³/mol. The van der Waals surface area contributed by atoms with Crippen LogP contribution in [0, 0.1) is 13.8 Å². The second kappa shape index (κ2) is 11.3. The summed E-state index contributed by atoms with van der Waals surface area (Å²) in [6, 6.07) is 21.4. The summed E-state index contributed by atoms with van der Waals surface area (Å²) in [6.07, 6.45) is 1.81. The quantitative estimate of drug-likeness (QED) is 0.183. The van der Waals surface area contributed by atoms with Gasteiger partial charge < -0.3 is 24.3 Å². The standard InChI is InChI=1S/C29H28Cl2N4O2S/c1-18-16-23(19(2)34(18)21-9-7-20(30)8-10-21)28-27(25-6-4-5-13-32-25)33-29(38)35(28)22-11-12-26(24(31)17-22)37-15-14-36-3/h4-13,16-17,27-28H,14-15H2,1-3H3,(H,33,38). The van der Waals surface area contributed by atoms with E-state index in [1.165, 1.54) is 0 Å². The molecule has 0 saturated carbocycles. The highest BCUT2D eigenvalue weighted by Crippen LogP contribution is 2.45. The van der Waals surface area contributed by atoms with Crippen molar-refractivity contribution in [3.05, 3.63) is 106 Å². The lowest BCUT2D eigenvalue weighted by Crippen LogP contribution is -2.29. The Balaban J connectivity index is 1.60. The van der Waals surface area contributed by atoms with Gasteiger partial charge in [-0.1, -0.05) is 29.3 Å². The Morgan fingerprint density at radius 2 is 1.74 bits per heavy atom. The summed E-state index contributed by atoms with van der Waals surface area (Å²) in [6.45, 7) is 5.14. The van der Waals surface area contributed by atoms with E-state index in [4.69, 9.17) is 44.9 Å². The maximum absolute atomic E-state index is 6.65. The summed E-state index contributed by atoms with van der Waals surface area (Å²) >= 11 is 18.7. The number of ether oxygens (including phenoxy) is 2. The van der Waals surface area contributed by atoms with E-state index in [1.54, 1.807) is 13.3 Å². The van der Waals surface area contributed by atoms with Crippen molar-refractivity contribution in [2.75, 3.05) is 25.2 Å². The van der Waals surface area contributed by atoms with Gasteiger partial charge in [0.25, 0.3) is 0 Å². The molecule has 1 aliphatic rings. The summed E-state index contributed by atoms with van der Waals surface area (Å²) < 4.78 is 13.1. The number of thiocarbonyl (C=S) groups is 1. The van der Waals surface area contributed by atoms with Crippen LogP contribution >= 0.6 is 35.4 Å². The highest BCUT2D eigenvalue weighted by molar-refractivity contribution is 7.80. The molecule has 1 aliphatic heterocycles. The second-order valence-corrected chi connectivity index (χ2v) is 10.3. The minimum Gasteiger partial charge on any atom is -0.490 e. The molecule has 1 N–H and O–H groups in total. The number of hydrogen-bond donors (Lipinski definition) is 1. The van der Waals surface area contributed by atoms with E-state index in [1.807, 2.05) is 60.7 Å². The van der Waals surface area contributed by atoms with Gasteiger partial charge in [-0.05, 0) is 92.3 Å². The molecular formula is C29H28Cl2N4O2S. The number of nitrogens with one attached hydrogen (secondary N) is 1. The van der Waals surface area contributed by atoms with Crippen molar-refractivity contribution >= 4 is 46.2 Å². The fourth-order valence-corrected chi connectivity index (χ4v) is 5.72. The highest BCUT2D eigenvalue weighted by atomic mass is 35.5. The number of halogens is 2. The lowest BCUT2D eigenvalue weighted by Gasteiger charge is -2.28. The lowest BCUT2D eigenvalue weighted by molar-refractivity contribution is 0.146. The fraction of sp³-hybridized carbons (Fsp3) is 0.241. The van der Waals surface area contributed by atoms with Gasteiger partial charge in [-0.3, -0.25) is 4.98 Å². The van der Waals surface area contributed by atoms with Crippen molar-refractivity contribution in [3.8, 4) is 11.4 Å². The van der Waals surface area contributed by atoms with Gasteiger partial charge in [-0.15, -0.1) is 0 Å². The number of aryl methyl sites for hydroxylation is 1. The molecule has 1 saturated heterocycles. The summed E-state index contributed by atoms with van der Waals surface area (Å²) in [5.41, 5.74) is 6.17. The monoisotopic (exact) mass is 566 g/mol. The average molecular weight is 568 g/mol. The van der Waals surface area contributed by atoms with Gasteiger partial charge in [-0.25, -0.2) is 0 Å². The molecule has 2 atom stereocenters. The molecule has 4 aromatic rings. The van der Waals surface area contributed by atoms with Crippen molar-refractivity contribution in [3.63, 3.8) is 0 Å². The predicted octanol–water partition coefficient (Wildman–Crippen LogP) is 7.00. The smallest absolute Gasteiger partial charge is 0.174 e. The molecule has 6 nitrogen and oxygen atoms in total. The summed E-state index contributed by atoms with van der Waals surface area (Å²) in [7, 11) is 1.64. The molecule has 9 heteroatoms. The molecule has 0 spiro atoms. The largest absolute Gasteiger partial charge is 0.490 e. The Morgan fingerprint density at radius 1 is 0.974 bits per heavy atom. The third-order valence-corrected chi connectivity index (χ3v) is 7.57. The molecule has 0 amide bonds. The first-order valence-corrected chi connectivity index (χ1v) is 13.4. The van der Waals surface area contributed by atoms with E-state index in [-0.39, 0.29) is 12.1 Å². The van der Waals surface area contributed by atoms with Crippen LogP contribution in [0.5, 0.6) is 5.75 Å². The molecule has 5 rings (SSSR count). The molecule has 196 valence electrons. The first kappa shape index (κ1) is 26.5. The van der Waals surface area contributed by atoms with Crippen molar-refractivity contribution in [2.24, 2.45) is 0 Å². The van der Waals surface area contributed by atoms with Gasteiger partial charge in [0.2, 0.25) is 0 Å². The van der Waals surface area contributed by atoms with Gasteiger partial charge >= 0.3 is 0 Å². The molecule has 0 aliphatic carbocycles. The number of hydrogen-bond acceptors (Lipinski definition) is 4. The minimum absolute atomic E-state index is 0.166. The molecule has 3 heterocycles. The zero-order valence-electron chi connectivity index (χ0n) is 21.3. The number of rotatable bonds is 8. The first-order chi connectivity index (χ1) is 18.4. The van der Waals surface area contributed by atoms with Gasteiger partial charge in [-0.2, -0.15) is 0 Å². The van der Waals surface area contributed by atoms with Crippen LogP contribution in [0.25, 0.3) is 5.69 Å². The maximum atomic E-state index is 6.65. The molecule has 2 aromatic carbocycles. The maximum Gasteiger partial charge on any atom is 0.174 e. The van der Waals surface area contributed by atoms with Crippen LogP contribution in [0.2, 0.25) is 10.0 Å². The Labute approximate surface area is 238 Å². The summed E-state index contributed by atoms with van der Waals surface area (Å²) in [4.78, 5) is 6.79. The van der Waals surface area contributed by atoms with Crippen LogP contribution < -0.4 is 15.0 Å². The van der Waals surface area contributed by atoms with Gasteiger partial charge in [0, 0.05) is 41.1 Å². The Hall–Kier alpha value is -3.10. The van der Waals surface area contributed by atoms with Crippen molar-refractivity contribution in [1.82, 2.24) is 14.9 Å². The molecule has 1 fully saturated rings. The molecule has 2 unspecified atom stereocenters. The second-order valence-electron chi connectivity index (χ2n) is 9.09. The zero-order chi connectivity index (χ0) is 26.8. The molecule has 38 heavy (non-hydrogen) atoms. The Kier molecular flexibility index (Phi) is 7.91. The van der Waals surface area contributed by atoms with Crippen LogP contribution in [0.3, 0.4) is 0 Å². The lowest BCUT2D eigenvalue weighted by atomic mass is 9.96. The van der Waals surface area contributed by atoms with Crippen molar-refractivity contribution in [1.29, 1.82) is 0 Å². The topological polar surface area (TPSA) is 51.6 Å². The van der Waals surface area contributed by atoms with E-state index in [0.29, 0.717) is 34.1 Å². The zero-order valence-corrected chi connectivity index (χ0v) is 23.6. The van der Waals surface area contributed by atoms with E-state index >= 15 is 0 Å². The molecule has 2 aromatic heterocycles. The number of aromatic nitrogens is 2. The van der Waals surface area contributed by atoms with E-state index in [0.717, 1.165) is 34.0 Å². The average Bonchev–Trinajstić information content (AvgIpc) is 3.41. The Morgan fingerprint density at radius 3 is 2.42 bits per heavy atom. The highest BCUT2D eigenvalue weighted by Gasteiger charge is 2.42. The number of nitrogens with zero attached hydrogens (tertiary/aromatic N) is 3. The Bertz CT molecular complexity index is 1440. The van der Waals surface area contributed by atoms with Crippen LogP contribution in [0.4, 0.5) is 5.69 Å². The third-order valence-electron chi connectivity index (χ3n) is 6.71. The van der Waals surface area contributed by atoms with E-state index < -0.39 is 0 Å². The third kappa shape index (κ3) is 5.12. The molecule has 0 bridgehead atoms. The van der Waals surface area contributed by atoms with Crippen LogP contribution in [-0.2, 0) is 4.74 Å².